The largest absolute Gasteiger partial charge is 0.338 e. The Bertz CT molecular complexity index is 861. The molecule has 1 aliphatic rings. The van der Waals surface area contributed by atoms with E-state index < -0.39 is 9.84 Å². The lowest BCUT2D eigenvalue weighted by atomic mass is 10.2. The Kier molecular flexibility index (Phi) is 6.03. The number of carbonyl (C=O) groups excluding carboxylic acids is 1. The molecular weight excluding hydrogens is 392 g/mol. The van der Waals surface area contributed by atoms with E-state index in [1.807, 2.05) is 35.9 Å². The highest BCUT2D eigenvalue weighted by atomic mass is 32.2. The molecular formula is C16H22N4O3S3. The van der Waals surface area contributed by atoms with Crippen LogP contribution in [-0.2, 0) is 21.2 Å². The Morgan fingerprint density at radius 1 is 1.42 bits per heavy atom. The van der Waals surface area contributed by atoms with Crippen molar-refractivity contribution in [3.63, 3.8) is 0 Å². The van der Waals surface area contributed by atoms with Gasteiger partial charge < -0.3 is 9.47 Å². The lowest BCUT2D eigenvalue weighted by molar-refractivity contribution is -0.129. The minimum absolute atomic E-state index is 0.0528. The maximum absolute atomic E-state index is 12.6. The number of sulfone groups is 1. The molecule has 26 heavy (non-hydrogen) atoms. The maximum atomic E-state index is 12.6. The molecule has 142 valence electrons. The summed E-state index contributed by atoms with van der Waals surface area (Å²) in [6, 6.07) is 3.77. The van der Waals surface area contributed by atoms with Gasteiger partial charge in [0.2, 0.25) is 5.91 Å². The van der Waals surface area contributed by atoms with E-state index in [0.717, 1.165) is 17.2 Å². The van der Waals surface area contributed by atoms with Crippen molar-refractivity contribution in [2.24, 2.45) is 0 Å². The van der Waals surface area contributed by atoms with Crippen LogP contribution in [0.3, 0.4) is 0 Å². The maximum Gasteiger partial charge on any atom is 0.233 e. The number of hydrogen-bond acceptors (Lipinski definition) is 7. The highest BCUT2D eigenvalue weighted by molar-refractivity contribution is 7.99. The Morgan fingerprint density at radius 2 is 2.23 bits per heavy atom. The van der Waals surface area contributed by atoms with E-state index in [9.17, 15) is 13.2 Å². The molecule has 0 bridgehead atoms. The first-order valence-electron chi connectivity index (χ1n) is 8.55. The van der Waals surface area contributed by atoms with Crippen molar-refractivity contribution in [2.75, 3.05) is 23.8 Å². The summed E-state index contributed by atoms with van der Waals surface area (Å²) >= 11 is 2.96. The van der Waals surface area contributed by atoms with Gasteiger partial charge in [0.05, 0.1) is 22.1 Å². The predicted molar refractivity (Wildman–Crippen MR) is 104 cm³/mol. The summed E-state index contributed by atoms with van der Waals surface area (Å²) in [5, 5.41) is 11.2. The average Bonchev–Trinajstić information content (AvgIpc) is 3.32. The monoisotopic (exact) mass is 414 g/mol. The number of thiophene rings is 1. The van der Waals surface area contributed by atoms with Gasteiger partial charge in [-0.05, 0) is 31.7 Å². The van der Waals surface area contributed by atoms with Crippen LogP contribution in [-0.4, -0.2) is 63.8 Å². The second-order valence-corrected chi connectivity index (χ2v) is 10.2. The SMILES string of the molecule is CCN(C(=O)CSc1nnc(-c2cccs2)n1CC)[C@H]1CCS(=O)(=O)C1. The van der Waals surface area contributed by atoms with Crippen LogP contribution in [0.2, 0.25) is 0 Å². The van der Waals surface area contributed by atoms with Gasteiger partial charge >= 0.3 is 0 Å². The van der Waals surface area contributed by atoms with Crippen LogP contribution in [0.15, 0.2) is 22.7 Å². The third kappa shape index (κ3) is 4.12. The molecule has 0 radical (unpaired) electrons. The summed E-state index contributed by atoms with van der Waals surface area (Å²) < 4.78 is 25.4. The smallest absolute Gasteiger partial charge is 0.233 e. The van der Waals surface area contributed by atoms with Gasteiger partial charge in [-0.15, -0.1) is 21.5 Å². The van der Waals surface area contributed by atoms with E-state index >= 15 is 0 Å². The highest BCUT2D eigenvalue weighted by Gasteiger charge is 2.33. The second kappa shape index (κ2) is 8.10. The molecule has 10 heteroatoms. The minimum Gasteiger partial charge on any atom is -0.338 e. The van der Waals surface area contributed by atoms with Gasteiger partial charge in [-0.1, -0.05) is 17.8 Å². The first-order chi connectivity index (χ1) is 12.4. The van der Waals surface area contributed by atoms with Crippen LogP contribution in [0.5, 0.6) is 0 Å². The van der Waals surface area contributed by atoms with Crippen molar-refractivity contribution in [1.29, 1.82) is 0 Å². The van der Waals surface area contributed by atoms with Crippen LogP contribution in [0.25, 0.3) is 10.7 Å². The predicted octanol–water partition coefficient (Wildman–Crippen LogP) is 2.15. The summed E-state index contributed by atoms with van der Waals surface area (Å²) in [5.41, 5.74) is 0. The van der Waals surface area contributed by atoms with Crippen molar-refractivity contribution >= 4 is 38.8 Å². The average molecular weight is 415 g/mol. The van der Waals surface area contributed by atoms with E-state index in [1.54, 1.807) is 16.2 Å². The zero-order chi connectivity index (χ0) is 18.7. The molecule has 2 aromatic rings. The highest BCUT2D eigenvalue weighted by Crippen LogP contribution is 2.27. The molecule has 3 rings (SSSR count). The van der Waals surface area contributed by atoms with Crippen LogP contribution in [0, 0.1) is 0 Å². The fraction of sp³-hybridized carbons (Fsp3) is 0.562. The number of aromatic nitrogens is 3. The van der Waals surface area contributed by atoms with Crippen LogP contribution < -0.4 is 0 Å². The van der Waals surface area contributed by atoms with Gasteiger partial charge in [-0.25, -0.2) is 8.42 Å². The molecule has 0 saturated carbocycles. The van der Waals surface area contributed by atoms with Crippen molar-refractivity contribution in [3.8, 4) is 10.7 Å². The molecule has 0 N–H and O–H groups in total. The molecule has 1 aliphatic heterocycles. The van der Waals surface area contributed by atoms with E-state index in [4.69, 9.17) is 0 Å². The van der Waals surface area contributed by atoms with Gasteiger partial charge in [0.15, 0.2) is 20.8 Å². The topological polar surface area (TPSA) is 85.2 Å². The summed E-state index contributed by atoms with van der Waals surface area (Å²) in [4.78, 5) is 15.4. The number of amides is 1. The Labute approximate surface area is 161 Å². The summed E-state index contributed by atoms with van der Waals surface area (Å²) in [6.45, 7) is 5.14. The summed E-state index contributed by atoms with van der Waals surface area (Å²) in [7, 11) is -3.01. The zero-order valence-electron chi connectivity index (χ0n) is 14.8. The molecule has 2 aromatic heterocycles. The fourth-order valence-electron chi connectivity index (χ4n) is 3.14. The molecule has 1 atom stereocenters. The van der Waals surface area contributed by atoms with Gasteiger partial charge in [-0.3, -0.25) is 4.79 Å². The van der Waals surface area contributed by atoms with E-state index in [0.29, 0.717) is 18.1 Å². The first kappa shape index (κ1) is 19.4. The first-order valence-corrected chi connectivity index (χ1v) is 12.2. The van der Waals surface area contributed by atoms with Gasteiger partial charge in [0, 0.05) is 19.1 Å². The standard InChI is InChI=1S/C16H22N4O3S3/c1-3-19(12-7-9-26(22,23)11-12)14(21)10-25-16-18-17-15(20(16)4-2)13-6-5-8-24-13/h5-6,8,12H,3-4,7,9-11H2,1-2H3/t12-/m0/s1. The lowest BCUT2D eigenvalue weighted by Gasteiger charge is -2.26. The van der Waals surface area contributed by atoms with Gasteiger partial charge in [0.1, 0.15) is 0 Å². The van der Waals surface area contributed by atoms with E-state index in [-0.39, 0.29) is 29.2 Å². The summed E-state index contributed by atoms with van der Waals surface area (Å²) in [5.74, 6) is 1.23. The van der Waals surface area contributed by atoms with Crippen molar-refractivity contribution < 1.29 is 13.2 Å². The number of hydrogen-bond donors (Lipinski definition) is 0. The summed E-state index contributed by atoms with van der Waals surface area (Å²) in [6.07, 6.45) is 0.528. The molecule has 1 saturated heterocycles. The number of carbonyl (C=O) groups is 1. The third-order valence-electron chi connectivity index (χ3n) is 4.41. The van der Waals surface area contributed by atoms with E-state index in [1.165, 1.54) is 11.8 Å². The Morgan fingerprint density at radius 3 is 2.81 bits per heavy atom. The number of rotatable bonds is 7. The molecule has 0 unspecified atom stereocenters. The number of thioether (sulfide) groups is 1. The molecule has 1 fully saturated rings. The molecule has 0 aliphatic carbocycles. The van der Waals surface area contributed by atoms with Crippen LogP contribution in [0.1, 0.15) is 20.3 Å². The van der Waals surface area contributed by atoms with E-state index in [2.05, 4.69) is 10.2 Å². The molecule has 7 nitrogen and oxygen atoms in total. The lowest BCUT2D eigenvalue weighted by Crippen LogP contribution is -2.42. The molecule has 0 aromatic carbocycles. The van der Waals surface area contributed by atoms with Crippen molar-refractivity contribution in [2.45, 2.75) is 38.0 Å². The second-order valence-electron chi connectivity index (χ2n) is 6.05. The van der Waals surface area contributed by atoms with Crippen molar-refractivity contribution in [3.05, 3.63) is 17.5 Å². The molecule has 3 heterocycles. The van der Waals surface area contributed by atoms with Crippen LogP contribution >= 0.6 is 23.1 Å². The minimum atomic E-state index is -3.01. The van der Waals surface area contributed by atoms with Crippen molar-refractivity contribution in [1.82, 2.24) is 19.7 Å². The molecule has 1 amide bonds. The third-order valence-corrected chi connectivity index (χ3v) is 7.98. The Hall–Kier alpha value is -1.39. The number of nitrogens with zero attached hydrogens (tertiary/aromatic N) is 4. The normalized spacial score (nSPS) is 18.9. The van der Waals surface area contributed by atoms with Crippen LogP contribution in [0.4, 0.5) is 0 Å². The Balaban J connectivity index is 1.67. The van der Waals surface area contributed by atoms with Gasteiger partial charge in [-0.2, -0.15) is 0 Å². The van der Waals surface area contributed by atoms with Gasteiger partial charge in [0.25, 0.3) is 0 Å². The zero-order valence-corrected chi connectivity index (χ0v) is 17.2. The molecule has 0 spiro atoms. The quantitative estimate of drug-likeness (QED) is 0.646. The fourth-order valence-corrected chi connectivity index (χ4v) is 6.47.